The molecule has 26 nitrogen and oxygen atoms in total. The molecule has 4 aromatic rings. The van der Waals surface area contributed by atoms with E-state index in [0.717, 1.165) is 17.2 Å². The lowest BCUT2D eigenvalue weighted by molar-refractivity contribution is -0.0772. The molecule has 0 aromatic carbocycles. The number of aliphatic hydroxyl groups excluding tert-OH is 2. The zero-order valence-corrected chi connectivity index (χ0v) is 29.2. The molecule has 7 heterocycles. The first kappa shape index (κ1) is 37.2. The van der Waals surface area contributed by atoms with Crippen LogP contribution in [0.3, 0.4) is 0 Å². The number of hydrogen-bond acceptors (Lipinski definition) is 22. The molecule has 0 radical (unpaired) electrons. The number of nitrogens with two attached hydrogens (primary N) is 2. The molecule has 7 rings (SSSR count). The lowest BCUT2D eigenvalue weighted by Gasteiger charge is -2.27. The molecule has 3 saturated heterocycles. The summed E-state index contributed by atoms with van der Waals surface area (Å²) in [5.74, 6) is -0.298. The summed E-state index contributed by atoms with van der Waals surface area (Å²) < 4.78 is 78.9. The molecule has 3 aliphatic heterocycles. The van der Waals surface area contributed by atoms with Crippen LogP contribution in [0.1, 0.15) is 26.3 Å². The second-order valence-corrected chi connectivity index (χ2v) is 15.0. The van der Waals surface area contributed by atoms with Crippen molar-refractivity contribution in [3.63, 3.8) is 0 Å². The van der Waals surface area contributed by atoms with E-state index in [1.165, 1.54) is 10.9 Å². The van der Waals surface area contributed by atoms with Crippen molar-refractivity contribution in [3.05, 3.63) is 29.3 Å². The Kier molecular flexibility index (Phi) is 9.98. The van der Waals surface area contributed by atoms with Gasteiger partial charge in [-0.2, -0.15) is 4.98 Å². The van der Waals surface area contributed by atoms with E-state index in [1.54, 1.807) is 13.8 Å². The van der Waals surface area contributed by atoms with Gasteiger partial charge >= 0.3 is 21.8 Å². The third-order valence-corrected chi connectivity index (χ3v) is 10.4. The highest BCUT2D eigenvalue weighted by Crippen LogP contribution is 2.56. The highest BCUT2D eigenvalue weighted by Gasteiger charge is 2.54. The number of phosphoric acid groups is 2. The number of fused-ring (bicyclic) bond motifs is 5. The van der Waals surface area contributed by atoms with Gasteiger partial charge in [0.15, 0.2) is 35.1 Å². The van der Waals surface area contributed by atoms with Gasteiger partial charge in [0.1, 0.15) is 48.5 Å². The highest BCUT2D eigenvalue weighted by molar-refractivity contribution is 7.48. The summed E-state index contributed by atoms with van der Waals surface area (Å²) in [6, 6.07) is 0. The molecule has 0 amide bonds. The van der Waals surface area contributed by atoms with Crippen LogP contribution in [-0.4, -0.2) is 123 Å². The molecule has 3 fully saturated rings. The normalized spacial score (nSPS) is 33.7. The molecular weight excluding hydrogens is 758 g/mol. The number of ether oxygens (including phenoxy) is 4. The molecule has 0 aliphatic carbocycles. The van der Waals surface area contributed by atoms with Gasteiger partial charge in [-0.15, -0.1) is 0 Å². The van der Waals surface area contributed by atoms with Crippen molar-refractivity contribution in [1.29, 1.82) is 0 Å². The van der Waals surface area contributed by atoms with Crippen LogP contribution in [0.25, 0.3) is 22.3 Å². The predicted molar refractivity (Wildman–Crippen MR) is 170 cm³/mol. The second kappa shape index (κ2) is 14.2. The van der Waals surface area contributed by atoms with Crippen LogP contribution in [0.5, 0.6) is 0 Å². The van der Waals surface area contributed by atoms with Gasteiger partial charge in [0, 0.05) is 0 Å². The molecule has 0 saturated carbocycles. The molecular formula is C25H32N10O16P2. The summed E-state index contributed by atoms with van der Waals surface area (Å²) in [5.41, 5.74) is 10.8. The van der Waals surface area contributed by atoms with E-state index in [2.05, 4.69) is 29.9 Å². The number of aliphatic hydroxyl groups is 2. The van der Waals surface area contributed by atoms with Crippen molar-refractivity contribution >= 4 is 55.9 Å². The summed E-state index contributed by atoms with van der Waals surface area (Å²) in [5, 5.41) is 22.7. The van der Waals surface area contributed by atoms with Gasteiger partial charge in [0.05, 0.1) is 32.0 Å². The maximum Gasteiger partial charge on any atom is 0.510 e. The number of hydrogen-bond donors (Lipinski definition) is 6. The summed E-state index contributed by atoms with van der Waals surface area (Å²) in [4.78, 5) is 57.8. The molecule has 288 valence electrons. The van der Waals surface area contributed by atoms with Gasteiger partial charge in [-0.3, -0.25) is 37.0 Å². The first-order chi connectivity index (χ1) is 25.1. The average molecular weight is 791 g/mol. The van der Waals surface area contributed by atoms with Gasteiger partial charge in [0.25, 0.3) is 5.56 Å². The van der Waals surface area contributed by atoms with E-state index in [1.807, 2.05) is 0 Å². The molecule has 8 N–H and O–H groups in total. The smallest absolute Gasteiger partial charge is 0.432 e. The number of carbonyl (C=O) groups excluding carboxylic acids is 1. The summed E-state index contributed by atoms with van der Waals surface area (Å²) in [7, 11) is -10.2. The fourth-order valence-corrected chi connectivity index (χ4v) is 7.92. The van der Waals surface area contributed by atoms with Crippen molar-refractivity contribution in [2.75, 3.05) is 31.5 Å². The zero-order valence-electron chi connectivity index (χ0n) is 27.4. The quantitative estimate of drug-likeness (QED) is 0.0791. The van der Waals surface area contributed by atoms with Crippen molar-refractivity contribution in [1.82, 2.24) is 39.0 Å². The first-order valence-electron chi connectivity index (χ1n) is 15.5. The molecule has 53 heavy (non-hydrogen) atoms. The van der Waals surface area contributed by atoms with E-state index in [4.69, 9.17) is 53.0 Å². The van der Waals surface area contributed by atoms with E-state index < -0.39 is 103 Å². The minimum atomic E-state index is -5.15. The standard InChI is InChI=1S/C25H32N10O16P2/c1-9(2)47-25(39)43-8-46-53(42)45-4-11-16(15(37)22(49-11)34-6-30-12-18(26)28-5-29-19(12)34)50-52(40,41)44-3-10-14(36)17(51-53)23(48-10)35-7-31-13-20(35)32-24(27)33-21(13)38/h5-7,9-11,14-17,22-23,36-37H,3-4,8H2,1-2H3,(H,40,41)(H2,26,28,29)(H3,27,32,33,38). The number of anilines is 2. The summed E-state index contributed by atoms with van der Waals surface area (Å²) >= 11 is 0. The van der Waals surface area contributed by atoms with Crippen LogP contribution < -0.4 is 17.0 Å². The minimum Gasteiger partial charge on any atom is -0.432 e. The first-order valence-corrected chi connectivity index (χ1v) is 18.5. The number of aromatic amines is 1. The van der Waals surface area contributed by atoms with Crippen molar-refractivity contribution in [3.8, 4) is 0 Å². The number of carbonyl (C=O) groups is 1. The van der Waals surface area contributed by atoms with Crippen LogP contribution in [0.4, 0.5) is 16.6 Å². The maximum atomic E-state index is 14.4. The Labute approximate surface area is 295 Å². The number of nitrogens with zero attached hydrogens (tertiary/aromatic N) is 7. The Hall–Kier alpha value is -4.17. The van der Waals surface area contributed by atoms with Crippen LogP contribution in [-0.2, 0) is 50.7 Å². The van der Waals surface area contributed by atoms with Crippen molar-refractivity contribution in [2.45, 2.75) is 69.0 Å². The van der Waals surface area contributed by atoms with E-state index >= 15 is 0 Å². The molecule has 10 atom stereocenters. The average Bonchev–Trinajstić information content (AvgIpc) is 3.84. The highest BCUT2D eigenvalue weighted by atomic mass is 31.2. The van der Waals surface area contributed by atoms with Crippen LogP contribution >= 0.6 is 15.6 Å². The summed E-state index contributed by atoms with van der Waals surface area (Å²) in [6.45, 7) is 0.297. The zero-order chi connectivity index (χ0) is 37.8. The van der Waals surface area contributed by atoms with Gasteiger partial charge < -0.3 is 45.5 Å². The van der Waals surface area contributed by atoms with Crippen molar-refractivity contribution in [2.24, 2.45) is 0 Å². The molecule has 28 heteroatoms. The number of H-pyrrole nitrogens is 1. The Balaban J connectivity index is 1.23. The topological polar surface area (TPSA) is 354 Å². The number of nitrogen functional groups attached to an aromatic ring is 2. The maximum absolute atomic E-state index is 14.4. The lowest BCUT2D eigenvalue weighted by atomic mass is 10.1. The third-order valence-electron chi connectivity index (χ3n) is 8.03. The SMILES string of the molecule is CC(C)OC(=O)OCOP1(=O)OCC2OC(n3cnc4c(N)ncnc43)C(O)C2OP(=O)(O)OCC2OC(n3cnc4c(=O)[nH]c(N)nc43)C(O1)C2O. The fourth-order valence-electron chi connectivity index (χ4n) is 5.72. The number of rotatable bonds is 6. The lowest BCUT2D eigenvalue weighted by Crippen LogP contribution is -2.36. The Morgan fingerprint density at radius 1 is 0.962 bits per heavy atom. The van der Waals surface area contributed by atoms with Crippen LogP contribution in [0, 0.1) is 0 Å². The molecule has 10 unspecified atom stereocenters. The predicted octanol–water partition coefficient (Wildman–Crippen LogP) is -0.798. The minimum absolute atomic E-state index is 0.0125. The number of aromatic nitrogens is 8. The van der Waals surface area contributed by atoms with Gasteiger partial charge in [0.2, 0.25) is 12.7 Å². The molecule has 2 bridgehead atoms. The Morgan fingerprint density at radius 2 is 1.66 bits per heavy atom. The Bertz CT molecular complexity index is 2160. The van der Waals surface area contributed by atoms with E-state index in [0.29, 0.717) is 0 Å². The van der Waals surface area contributed by atoms with Gasteiger partial charge in [-0.1, -0.05) is 0 Å². The van der Waals surface area contributed by atoms with Gasteiger partial charge in [-0.25, -0.2) is 38.4 Å². The fraction of sp³-hybridized carbons (Fsp3) is 0.560. The number of phosphoric ester groups is 2. The second-order valence-electron chi connectivity index (χ2n) is 11.9. The molecule has 4 aromatic heterocycles. The van der Waals surface area contributed by atoms with Crippen LogP contribution in [0.15, 0.2) is 23.8 Å². The summed E-state index contributed by atoms with van der Waals surface area (Å²) in [6.07, 6.45) is -11.5. The monoisotopic (exact) mass is 790 g/mol. The molecule has 3 aliphatic rings. The Morgan fingerprint density at radius 3 is 2.42 bits per heavy atom. The largest absolute Gasteiger partial charge is 0.510 e. The van der Waals surface area contributed by atoms with Crippen molar-refractivity contribution < 1.29 is 70.6 Å². The van der Waals surface area contributed by atoms with Gasteiger partial charge in [-0.05, 0) is 13.8 Å². The third kappa shape index (κ3) is 7.36. The number of nitrogens with one attached hydrogen (secondary N) is 1. The molecule has 0 spiro atoms. The van der Waals surface area contributed by atoms with E-state index in [-0.39, 0.29) is 34.1 Å². The van der Waals surface area contributed by atoms with E-state index in [9.17, 15) is 33.8 Å². The van der Waals surface area contributed by atoms with Crippen LogP contribution in [0.2, 0.25) is 0 Å². The number of imidazole rings is 2.